The molecule has 6 amide bonds. The minimum absolute atomic E-state index is 0.00626. The van der Waals surface area contributed by atoms with Crippen molar-refractivity contribution in [1.82, 2.24) is 46.5 Å². The first-order valence-electron chi connectivity index (χ1n) is 21.4. The molecule has 3 aromatic heterocycles. The first-order valence-corrected chi connectivity index (χ1v) is 22.1. The van der Waals surface area contributed by atoms with Gasteiger partial charge in [0.05, 0.1) is 12.4 Å². The highest BCUT2D eigenvalue weighted by molar-refractivity contribution is 7.80. The largest absolute Gasteiger partial charge is 0.368 e. The predicted molar refractivity (Wildman–Crippen MR) is 250 cm³/mol. The van der Waals surface area contributed by atoms with Crippen molar-refractivity contribution in [3.63, 3.8) is 0 Å². The normalized spacial score (nSPS) is 14.1. The van der Waals surface area contributed by atoms with Gasteiger partial charge in [0.2, 0.25) is 35.4 Å². The second kappa shape index (κ2) is 23.1. The van der Waals surface area contributed by atoms with Crippen LogP contribution in [0.4, 0.5) is 0 Å². The van der Waals surface area contributed by atoms with E-state index < -0.39 is 71.7 Å². The molecule has 0 aliphatic rings. The number of rotatable bonds is 24. The number of hydrogen-bond donors (Lipinski definition) is 12. The summed E-state index contributed by atoms with van der Waals surface area (Å²) in [5.41, 5.74) is 22.2. The molecule has 0 spiro atoms. The summed E-state index contributed by atoms with van der Waals surface area (Å²) >= 11 is 4.29. The molecule has 6 aromatic rings. The van der Waals surface area contributed by atoms with Crippen molar-refractivity contribution in [2.75, 3.05) is 12.3 Å². The molecule has 0 saturated heterocycles. The smallest absolute Gasteiger partial charge is 0.244 e. The number of nitrogens with one attached hydrogen (secondary N) is 8. The molecule has 6 unspecified atom stereocenters. The third kappa shape index (κ3) is 13.1. The topological polar surface area (TPSA) is 301 Å². The molecule has 0 bridgehead atoms. The molecule has 65 heavy (non-hydrogen) atoms. The summed E-state index contributed by atoms with van der Waals surface area (Å²) in [5, 5.41) is 15.5. The van der Waals surface area contributed by atoms with Gasteiger partial charge >= 0.3 is 0 Å². The van der Waals surface area contributed by atoms with Gasteiger partial charge in [-0.2, -0.15) is 12.6 Å². The molecular formula is C46H56N12O6S. The number of imidazole rings is 1. The van der Waals surface area contributed by atoms with Gasteiger partial charge in [-0.05, 0) is 54.6 Å². The van der Waals surface area contributed by atoms with Crippen LogP contribution in [0.15, 0.2) is 104 Å². The van der Waals surface area contributed by atoms with Crippen LogP contribution in [0.25, 0.3) is 21.8 Å². The van der Waals surface area contributed by atoms with Crippen LogP contribution < -0.4 is 43.8 Å². The third-order valence-electron chi connectivity index (χ3n) is 11.1. The average Bonchev–Trinajstić information content (AvgIpc) is 4.08. The van der Waals surface area contributed by atoms with Crippen molar-refractivity contribution in [3.8, 4) is 0 Å². The summed E-state index contributed by atoms with van der Waals surface area (Å²) in [7, 11) is 0. The number of nitrogens with zero attached hydrogens (tertiary/aromatic N) is 1. The lowest BCUT2D eigenvalue weighted by Crippen LogP contribution is -2.60. The number of carbonyl (C=O) groups is 6. The SMILES string of the molecule is NCCCCC(NC(=O)C(CS)NC(=O)C(N)Cc1cnc[nH]1)C(=O)NC(Cc1ccccc1)C(=O)NC(Cc1c[nH]c2ccccc12)C(=O)NC(Cc1c[nH]c2ccccc12)C(N)=O. The molecular weight excluding hydrogens is 849 g/mol. The summed E-state index contributed by atoms with van der Waals surface area (Å²) in [6.07, 6.45) is 7.89. The van der Waals surface area contributed by atoms with Crippen molar-refractivity contribution in [3.05, 3.63) is 126 Å². The molecule has 0 aliphatic heterocycles. The molecule has 6 atom stereocenters. The molecule has 14 N–H and O–H groups in total. The quantitative estimate of drug-likeness (QED) is 0.0304. The van der Waals surface area contributed by atoms with E-state index in [0.29, 0.717) is 36.2 Å². The second-order valence-corrected chi connectivity index (χ2v) is 16.2. The Bertz CT molecular complexity index is 2540. The van der Waals surface area contributed by atoms with Gasteiger partial charge in [0.25, 0.3) is 0 Å². The van der Waals surface area contributed by atoms with Gasteiger partial charge in [0, 0.05) is 77.5 Å². The number of unbranched alkanes of at least 4 members (excludes halogenated alkanes) is 1. The van der Waals surface area contributed by atoms with E-state index >= 15 is 0 Å². The number of primary amides is 1. The van der Waals surface area contributed by atoms with Gasteiger partial charge in [-0.25, -0.2) is 4.98 Å². The third-order valence-corrected chi connectivity index (χ3v) is 11.5. The second-order valence-electron chi connectivity index (χ2n) is 15.9. The lowest BCUT2D eigenvalue weighted by molar-refractivity contribution is -0.135. The van der Waals surface area contributed by atoms with E-state index in [1.165, 1.54) is 12.5 Å². The highest BCUT2D eigenvalue weighted by Crippen LogP contribution is 2.21. The zero-order chi connectivity index (χ0) is 46.3. The van der Waals surface area contributed by atoms with E-state index in [-0.39, 0.29) is 37.9 Å². The lowest BCUT2D eigenvalue weighted by atomic mass is 10.00. The molecule has 342 valence electrons. The van der Waals surface area contributed by atoms with Crippen LogP contribution in [0.5, 0.6) is 0 Å². The highest BCUT2D eigenvalue weighted by Gasteiger charge is 2.33. The van der Waals surface area contributed by atoms with E-state index in [4.69, 9.17) is 17.2 Å². The Kier molecular flexibility index (Phi) is 16.9. The number of amides is 6. The van der Waals surface area contributed by atoms with Crippen molar-refractivity contribution in [2.24, 2.45) is 17.2 Å². The average molecular weight is 905 g/mol. The van der Waals surface area contributed by atoms with Gasteiger partial charge in [0.1, 0.15) is 30.2 Å². The summed E-state index contributed by atoms with van der Waals surface area (Å²) in [6.45, 7) is 0.336. The fourth-order valence-corrected chi connectivity index (χ4v) is 7.84. The highest BCUT2D eigenvalue weighted by atomic mass is 32.1. The minimum Gasteiger partial charge on any atom is -0.368 e. The molecule has 6 rings (SSSR count). The maximum absolute atomic E-state index is 14.6. The van der Waals surface area contributed by atoms with E-state index in [9.17, 15) is 28.8 Å². The van der Waals surface area contributed by atoms with E-state index in [1.54, 1.807) is 36.7 Å². The van der Waals surface area contributed by atoms with Crippen molar-refractivity contribution in [1.29, 1.82) is 0 Å². The number of fused-ring (bicyclic) bond motifs is 2. The molecule has 0 fully saturated rings. The Hall–Kier alpha value is -6.96. The zero-order valence-corrected chi connectivity index (χ0v) is 36.6. The van der Waals surface area contributed by atoms with Gasteiger partial charge in [-0.3, -0.25) is 28.8 Å². The van der Waals surface area contributed by atoms with Crippen LogP contribution in [0.3, 0.4) is 0 Å². The molecule has 18 nitrogen and oxygen atoms in total. The van der Waals surface area contributed by atoms with Crippen LogP contribution in [0.1, 0.15) is 41.6 Å². The number of aromatic amines is 3. The molecule has 0 saturated carbocycles. The fourth-order valence-electron chi connectivity index (χ4n) is 7.58. The lowest BCUT2D eigenvalue weighted by Gasteiger charge is -2.27. The standard InChI is InChI=1S/C46H56N12O6S/c47-17-9-8-16-36(54-46(64)40(25-65)58-42(60)33(48)21-30-24-50-26-53-30)43(61)56-38(18-27-10-2-1-3-11-27)44(62)57-39(20-29-23-52-35-15-7-5-13-32(29)35)45(63)55-37(41(49)59)19-28-22-51-34-14-6-4-12-31(28)34/h1-7,10-15,22-24,26,33,36-40,51-52,65H,8-9,16-21,25,47-48H2,(H2,49,59)(H,50,53)(H,54,64)(H,55,63)(H,56,61)(H,57,62)(H,58,60). The van der Waals surface area contributed by atoms with Gasteiger partial charge in [-0.1, -0.05) is 66.7 Å². The maximum Gasteiger partial charge on any atom is 0.244 e. The van der Waals surface area contributed by atoms with E-state index in [1.807, 2.05) is 54.6 Å². The number of benzene rings is 3. The summed E-state index contributed by atoms with van der Waals surface area (Å²) in [5.74, 6) is -4.23. The Morgan fingerprint density at radius 1 is 0.585 bits per heavy atom. The maximum atomic E-state index is 14.6. The van der Waals surface area contributed by atoms with Crippen LogP contribution >= 0.6 is 12.6 Å². The summed E-state index contributed by atoms with van der Waals surface area (Å²) < 4.78 is 0. The Morgan fingerprint density at radius 2 is 1.09 bits per heavy atom. The zero-order valence-electron chi connectivity index (χ0n) is 35.7. The first-order chi connectivity index (χ1) is 31.4. The minimum atomic E-state index is -1.25. The Balaban J connectivity index is 1.23. The number of nitrogens with two attached hydrogens (primary N) is 3. The van der Waals surface area contributed by atoms with Crippen molar-refractivity contribution >= 4 is 69.9 Å². The number of thiol groups is 1. The van der Waals surface area contributed by atoms with Gasteiger partial charge in [-0.15, -0.1) is 0 Å². The fraction of sp³-hybridized carbons (Fsp3) is 0.326. The Labute approximate surface area is 380 Å². The molecule has 0 aliphatic carbocycles. The number of H-pyrrole nitrogens is 3. The summed E-state index contributed by atoms with van der Waals surface area (Å²) in [4.78, 5) is 96.0. The number of para-hydroxylation sites is 2. The number of hydrogen-bond acceptors (Lipinski definition) is 10. The van der Waals surface area contributed by atoms with Crippen LogP contribution in [-0.4, -0.2) is 104 Å². The van der Waals surface area contributed by atoms with Crippen LogP contribution in [-0.2, 0) is 54.5 Å². The molecule has 0 radical (unpaired) electrons. The van der Waals surface area contributed by atoms with Gasteiger partial charge < -0.3 is 58.7 Å². The molecule has 3 heterocycles. The monoisotopic (exact) mass is 904 g/mol. The van der Waals surface area contributed by atoms with Crippen LogP contribution in [0.2, 0.25) is 0 Å². The van der Waals surface area contributed by atoms with Crippen LogP contribution in [0, 0.1) is 0 Å². The number of aromatic nitrogens is 4. The van der Waals surface area contributed by atoms with Crippen molar-refractivity contribution in [2.45, 2.75) is 81.2 Å². The molecule has 3 aromatic carbocycles. The first kappa shape index (κ1) is 47.5. The van der Waals surface area contributed by atoms with Crippen molar-refractivity contribution < 1.29 is 28.8 Å². The van der Waals surface area contributed by atoms with E-state index in [2.05, 4.69) is 59.1 Å². The molecule has 19 heteroatoms. The predicted octanol–water partition coefficient (Wildman–Crippen LogP) is 0.938. The number of carbonyl (C=O) groups excluding carboxylic acids is 6. The Morgan fingerprint density at radius 3 is 1.66 bits per heavy atom. The van der Waals surface area contributed by atoms with E-state index in [0.717, 1.165) is 27.4 Å². The summed E-state index contributed by atoms with van der Waals surface area (Å²) in [6, 6.07) is 17.1. The van der Waals surface area contributed by atoms with Gasteiger partial charge in [0.15, 0.2) is 0 Å².